The van der Waals surface area contributed by atoms with Gasteiger partial charge in [-0.05, 0) is 65.9 Å². The maximum atomic E-state index is 14.3. The van der Waals surface area contributed by atoms with Crippen molar-refractivity contribution < 1.29 is 24.3 Å². The van der Waals surface area contributed by atoms with Gasteiger partial charge in [0.25, 0.3) is 0 Å². The SMILES string of the molecule is N[C@@H](Cc1ccccc1)C(=O)N[C@H](Cc1c[nH]c2ccccc12)C(=O)N[C@H](Cc1cccc2ccccc12)C(=O)NC1(C(=O)O)CCNCC1. The summed E-state index contributed by atoms with van der Waals surface area (Å²) in [5.41, 5.74) is 8.22. The third-order valence-electron chi connectivity index (χ3n) is 9.53. The molecule has 1 saturated heterocycles. The van der Waals surface area contributed by atoms with Crippen LogP contribution < -0.4 is 27.0 Å². The van der Waals surface area contributed by atoms with Crippen molar-refractivity contribution in [1.29, 1.82) is 0 Å². The van der Waals surface area contributed by atoms with Crippen molar-refractivity contribution in [2.24, 2.45) is 5.73 Å². The van der Waals surface area contributed by atoms with Gasteiger partial charge in [-0.15, -0.1) is 0 Å². The Morgan fingerprint density at radius 1 is 0.700 bits per heavy atom. The summed E-state index contributed by atoms with van der Waals surface area (Å²) in [6.07, 6.45) is 2.67. The normalized spacial score (nSPS) is 15.9. The number of piperidine rings is 1. The van der Waals surface area contributed by atoms with Crippen LogP contribution in [-0.4, -0.2) is 70.5 Å². The van der Waals surface area contributed by atoms with E-state index in [0.29, 0.717) is 13.1 Å². The van der Waals surface area contributed by atoms with E-state index in [1.807, 2.05) is 97.1 Å². The molecule has 1 aromatic heterocycles. The highest BCUT2D eigenvalue weighted by molar-refractivity contribution is 5.96. The second kappa shape index (κ2) is 15.4. The maximum absolute atomic E-state index is 14.3. The van der Waals surface area contributed by atoms with Crippen LogP contribution in [0, 0.1) is 0 Å². The van der Waals surface area contributed by atoms with Crippen molar-refractivity contribution in [2.75, 3.05) is 13.1 Å². The third-order valence-corrected chi connectivity index (χ3v) is 9.53. The molecule has 0 radical (unpaired) electrons. The number of nitrogens with one attached hydrogen (secondary N) is 5. The summed E-state index contributed by atoms with van der Waals surface area (Å²) in [6.45, 7) is 0.851. The third kappa shape index (κ3) is 7.85. The predicted octanol–water partition coefficient (Wildman–Crippen LogP) is 2.97. The molecule has 6 rings (SSSR count). The fourth-order valence-electron chi connectivity index (χ4n) is 6.71. The second-order valence-electron chi connectivity index (χ2n) is 13.0. The number of aromatic amines is 1. The number of amides is 3. The van der Waals surface area contributed by atoms with Crippen molar-refractivity contribution in [3.05, 3.63) is 120 Å². The number of aliphatic carboxylic acids is 1. The lowest BCUT2D eigenvalue weighted by Gasteiger charge is -2.36. The monoisotopic (exact) mass is 674 g/mol. The number of rotatable bonds is 13. The van der Waals surface area contributed by atoms with Crippen LogP contribution in [0.4, 0.5) is 0 Å². The van der Waals surface area contributed by atoms with Gasteiger partial charge in [-0.3, -0.25) is 14.4 Å². The van der Waals surface area contributed by atoms with E-state index >= 15 is 0 Å². The van der Waals surface area contributed by atoms with Gasteiger partial charge >= 0.3 is 5.97 Å². The first-order valence-corrected chi connectivity index (χ1v) is 16.9. The largest absolute Gasteiger partial charge is 0.480 e. The molecule has 50 heavy (non-hydrogen) atoms. The van der Waals surface area contributed by atoms with Gasteiger partial charge in [0, 0.05) is 29.9 Å². The number of hydrogen-bond donors (Lipinski definition) is 7. The number of benzene rings is 4. The minimum atomic E-state index is -1.48. The van der Waals surface area contributed by atoms with Crippen LogP contribution in [0.5, 0.6) is 0 Å². The standard InChI is InChI=1S/C39H42N6O5/c40-31(21-25-9-2-1-3-10-25)35(46)43-33(23-28-24-42-32-16-7-6-15-30(28)32)36(47)44-34(22-27-13-8-12-26-11-4-5-14-29(26)27)37(48)45-39(38(49)50)17-19-41-20-18-39/h1-16,24,31,33-34,41-42H,17-23,40H2,(H,43,46)(H,44,47)(H,45,48)(H,49,50)/t31-,33+,34+/m0/s1. The molecule has 2 heterocycles. The van der Waals surface area contributed by atoms with E-state index < -0.39 is 47.4 Å². The molecule has 5 aromatic rings. The zero-order chi connectivity index (χ0) is 35.1. The number of aromatic nitrogens is 1. The number of carboxylic acids is 1. The topological polar surface area (TPSA) is 178 Å². The highest BCUT2D eigenvalue weighted by Gasteiger charge is 2.43. The molecule has 0 aliphatic carbocycles. The minimum Gasteiger partial charge on any atom is -0.480 e. The first-order chi connectivity index (χ1) is 24.2. The highest BCUT2D eigenvalue weighted by Crippen LogP contribution is 2.23. The molecule has 0 spiro atoms. The molecule has 1 aliphatic rings. The predicted molar refractivity (Wildman–Crippen MR) is 192 cm³/mol. The molecular weight excluding hydrogens is 632 g/mol. The average molecular weight is 675 g/mol. The Morgan fingerprint density at radius 3 is 2.08 bits per heavy atom. The Hall–Kier alpha value is -5.52. The number of nitrogens with two attached hydrogens (primary N) is 1. The zero-order valence-corrected chi connectivity index (χ0v) is 27.7. The molecule has 0 saturated carbocycles. The number of para-hydroxylation sites is 1. The fraction of sp³-hybridized carbons (Fsp3) is 0.282. The van der Waals surface area contributed by atoms with Crippen LogP contribution in [0.25, 0.3) is 21.7 Å². The summed E-state index contributed by atoms with van der Waals surface area (Å²) in [6, 6.07) is 27.3. The number of fused-ring (bicyclic) bond motifs is 2. The summed E-state index contributed by atoms with van der Waals surface area (Å²) in [7, 11) is 0. The van der Waals surface area contributed by atoms with Gasteiger partial charge in [0.2, 0.25) is 17.7 Å². The molecule has 11 nitrogen and oxygen atoms in total. The summed E-state index contributed by atoms with van der Waals surface area (Å²) in [4.78, 5) is 57.7. The van der Waals surface area contributed by atoms with Crippen molar-refractivity contribution in [2.45, 2.75) is 55.8 Å². The van der Waals surface area contributed by atoms with Crippen molar-refractivity contribution in [1.82, 2.24) is 26.3 Å². The van der Waals surface area contributed by atoms with Gasteiger partial charge in [-0.2, -0.15) is 0 Å². The highest BCUT2D eigenvalue weighted by atomic mass is 16.4. The summed E-state index contributed by atoms with van der Waals surface area (Å²) in [5, 5.41) is 24.7. The van der Waals surface area contributed by atoms with Crippen LogP contribution in [-0.2, 0) is 38.4 Å². The quantitative estimate of drug-likeness (QED) is 0.100. The molecule has 0 bridgehead atoms. The first kappa shape index (κ1) is 34.3. The second-order valence-corrected chi connectivity index (χ2v) is 13.0. The Morgan fingerprint density at radius 2 is 1.32 bits per heavy atom. The van der Waals surface area contributed by atoms with E-state index in [9.17, 15) is 24.3 Å². The first-order valence-electron chi connectivity index (χ1n) is 16.9. The molecule has 1 fully saturated rings. The number of carbonyl (C=O) groups is 4. The Labute approximate surface area is 290 Å². The molecule has 0 unspecified atom stereocenters. The van der Waals surface area contributed by atoms with Gasteiger partial charge in [0.1, 0.15) is 17.6 Å². The number of H-pyrrole nitrogens is 1. The molecule has 1 aliphatic heterocycles. The van der Waals surface area contributed by atoms with E-state index in [1.54, 1.807) is 6.20 Å². The van der Waals surface area contributed by atoms with Crippen LogP contribution >= 0.6 is 0 Å². The van der Waals surface area contributed by atoms with Gasteiger partial charge in [0.15, 0.2) is 0 Å². The van der Waals surface area contributed by atoms with E-state index in [2.05, 4.69) is 26.3 Å². The van der Waals surface area contributed by atoms with E-state index in [1.165, 1.54) is 0 Å². The lowest BCUT2D eigenvalue weighted by Crippen LogP contribution is -2.64. The molecule has 258 valence electrons. The van der Waals surface area contributed by atoms with Crippen molar-refractivity contribution in [3.8, 4) is 0 Å². The Balaban J connectivity index is 1.30. The smallest absolute Gasteiger partial charge is 0.329 e. The lowest BCUT2D eigenvalue weighted by molar-refractivity contribution is -0.149. The Bertz CT molecular complexity index is 1980. The number of carboxylic acid groups (broad SMARTS) is 1. The van der Waals surface area contributed by atoms with Crippen LogP contribution in [0.15, 0.2) is 103 Å². The van der Waals surface area contributed by atoms with Crippen LogP contribution in [0.2, 0.25) is 0 Å². The molecule has 3 atom stereocenters. The summed E-state index contributed by atoms with van der Waals surface area (Å²) >= 11 is 0. The van der Waals surface area contributed by atoms with Gasteiger partial charge in [-0.1, -0.05) is 91.0 Å². The van der Waals surface area contributed by atoms with Crippen molar-refractivity contribution in [3.63, 3.8) is 0 Å². The molecule has 3 amide bonds. The summed E-state index contributed by atoms with van der Waals surface area (Å²) in [5.74, 6) is -2.85. The Kier molecular flexibility index (Phi) is 10.5. The van der Waals surface area contributed by atoms with Gasteiger partial charge in [0.05, 0.1) is 6.04 Å². The molecule has 8 N–H and O–H groups in total. The van der Waals surface area contributed by atoms with E-state index in [4.69, 9.17) is 5.73 Å². The average Bonchev–Trinajstić information content (AvgIpc) is 3.54. The molecular formula is C39H42N6O5. The molecule has 4 aromatic carbocycles. The fourth-order valence-corrected chi connectivity index (χ4v) is 6.71. The van der Waals surface area contributed by atoms with Crippen LogP contribution in [0.1, 0.15) is 29.5 Å². The molecule has 11 heteroatoms. The number of hydrogen-bond acceptors (Lipinski definition) is 6. The summed E-state index contributed by atoms with van der Waals surface area (Å²) < 4.78 is 0. The minimum absolute atomic E-state index is 0.0914. The van der Waals surface area contributed by atoms with Gasteiger partial charge in [-0.25, -0.2) is 4.79 Å². The van der Waals surface area contributed by atoms with E-state index in [-0.39, 0.29) is 32.1 Å². The maximum Gasteiger partial charge on any atom is 0.329 e. The van der Waals surface area contributed by atoms with Crippen LogP contribution in [0.3, 0.4) is 0 Å². The van der Waals surface area contributed by atoms with E-state index in [0.717, 1.165) is 38.4 Å². The lowest BCUT2D eigenvalue weighted by atomic mass is 9.87. The zero-order valence-electron chi connectivity index (χ0n) is 27.7. The number of carbonyl (C=O) groups excluding carboxylic acids is 3. The van der Waals surface area contributed by atoms with Gasteiger partial charge < -0.3 is 37.1 Å². The van der Waals surface area contributed by atoms with Crippen molar-refractivity contribution >= 4 is 45.4 Å².